The highest BCUT2D eigenvalue weighted by molar-refractivity contribution is 5.89. The number of nitrogens with one attached hydrogen (secondary N) is 1. The first-order valence-corrected chi connectivity index (χ1v) is 5.50. The lowest BCUT2D eigenvalue weighted by Gasteiger charge is -2.19. The van der Waals surface area contributed by atoms with Gasteiger partial charge in [0.05, 0.1) is 0 Å². The van der Waals surface area contributed by atoms with Crippen LogP contribution in [0.4, 0.5) is 16.2 Å². The molecule has 4 heteroatoms. The molecule has 88 valence electrons. The summed E-state index contributed by atoms with van der Waals surface area (Å²) < 4.78 is 0. The molecule has 4 nitrogen and oxygen atoms in total. The first-order chi connectivity index (χ1) is 7.58. The molecule has 0 fully saturated rings. The number of nitrogens with zero attached hydrogens (tertiary/aromatic N) is 1. The molecule has 0 aliphatic heterocycles. The summed E-state index contributed by atoms with van der Waals surface area (Å²) in [6, 6.07) is 5.40. The van der Waals surface area contributed by atoms with E-state index >= 15 is 0 Å². The number of benzene rings is 1. The van der Waals surface area contributed by atoms with E-state index in [1.807, 2.05) is 32.9 Å². The van der Waals surface area contributed by atoms with Crippen molar-refractivity contribution in [1.29, 1.82) is 0 Å². The number of hydrogen-bond acceptors (Lipinski definition) is 2. The third-order valence-corrected chi connectivity index (χ3v) is 2.57. The molecule has 0 aromatic heterocycles. The van der Waals surface area contributed by atoms with Crippen molar-refractivity contribution in [2.24, 2.45) is 0 Å². The predicted molar refractivity (Wildman–Crippen MR) is 67.5 cm³/mol. The van der Waals surface area contributed by atoms with Gasteiger partial charge >= 0.3 is 6.03 Å². The van der Waals surface area contributed by atoms with Gasteiger partial charge in [-0.2, -0.15) is 0 Å². The molecule has 0 unspecified atom stereocenters. The van der Waals surface area contributed by atoms with Crippen LogP contribution in [0, 0.1) is 6.92 Å². The molecular formula is C12H19N3O. The molecule has 0 heterocycles. The second kappa shape index (κ2) is 5.39. The Morgan fingerprint density at radius 2 is 2.00 bits per heavy atom. The van der Waals surface area contributed by atoms with Crippen LogP contribution < -0.4 is 11.1 Å². The van der Waals surface area contributed by atoms with Crippen LogP contribution in [0.1, 0.15) is 19.4 Å². The first-order valence-electron chi connectivity index (χ1n) is 5.50. The van der Waals surface area contributed by atoms with E-state index in [9.17, 15) is 4.79 Å². The Morgan fingerprint density at radius 1 is 1.38 bits per heavy atom. The summed E-state index contributed by atoms with van der Waals surface area (Å²) in [4.78, 5) is 13.5. The normalized spacial score (nSPS) is 9.94. The minimum atomic E-state index is -0.0748. The number of aryl methyl sites for hydroxylation is 1. The Bertz CT molecular complexity index is 373. The van der Waals surface area contributed by atoms with Crippen LogP contribution in [0.2, 0.25) is 0 Å². The smallest absolute Gasteiger partial charge is 0.321 e. The summed E-state index contributed by atoms with van der Waals surface area (Å²) in [6.07, 6.45) is 0. The van der Waals surface area contributed by atoms with E-state index in [1.165, 1.54) is 0 Å². The Balaban J connectivity index is 2.73. The zero-order valence-electron chi connectivity index (χ0n) is 10.1. The van der Waals surface area contributed by atoms with Crippen LogP contribution in [0.15, 0.2) is 18.2 Å². The van der Waals surface area contributed by atoms with Gasteiger partial charge in [0, 0.05) is 24.5 Å². The molecule has 2 amide bonds. The average Bonchev–Trinajstić information content (AvgIpc) is 2.25. The van der Waals surface area contributed by atoms with Crippen molar-refractivity contribution < 1.29 is 4.79 Å². The fraction of sp³-hybridized carbons (Fsp3) is 0.417. The number of anilines is 2. The highest BCUT2D eigenvalue weighted by Gasteiger charge is 2.09. The largest absolute Gasteiger partial charge is 0.399 e. The Kier molecular flexibility index (Phi) is 4.17. The summed E-state index contributed by atoms with van der Waals surface area (Å²) in [5.74, 6) is 0. The van der Waals surface area contributed by atoms with Gasteiger partial charge in [-0.25, -0.2) is 4.79 Å². The minimum absolute atomic E-state index is 0.0748. The molecule has 0 spiro atoms. The van der Waals surface area contributed by atoms with Gasteiger partial charge in [0.1, 0.15) is 0 Å². The van der Waals surface area contributed by atoms with Crippen LogP contribution in [-0.2, 0) is 0 Å². The second-order valence-corrected chi connectivity index (χ2v) is 3.67. The lowest BCUT2D eigenvalue weighted by atomic mass is 10.2. The highest BCUT2D eigenvalue weighted by atomic mass is 16.2. The molecule has 1 aromatic carbocycles. The summed E-state index contributed by atoms with van der Waals surface area (Å²) >= 11 is 0. The van der Waals surface area contributed by atoms with E-state index in [2.05, 4.69) is 5.32 Å². The number of amides is 2. The summed E-state index contributed by atoms with van der Waals surface area (Å²) in [5.41, 5.74) is 8.20. The molecular weight excluding hydrogens is 202 g/mol. The van der Waals surface area contributed by atoms with Crippen molar-refractivity contribution >= 4 is 17.4 Å². The number of nitrogen functional groups attached to an aromatic ring is 1. The van der Waals surface area contributed by atoms with Gasteiger partial charge in [-0.05, 0) is 44.5 Å². The quantitative estimate of drug-likeness (QED) is 0.770. The minimum Gasteiger partial charge on any atom is -0.399 e. The molecule has 0 saturated heterocycles. The number of carbonyl (C=O) groups is 1. The fourth-order valence-corrected chi connectivity index (χ4v) is 1.47. The van der Waals surface area contributed by atoms with Crippen LogP contribution in [-0.4, -0.2) is 24.0 Å². The molecule has 1 rings (SSSR count). The third kappa shape index (κ3) is 2.89. The zero-order valence-corrected chi connectivity index (χ0v) is 10.1. The molecule has 0 aliphatic rings. The number of carbonyl (C=O) groups excluding carboxylic acids is 1. The van der Waals surface area contributed by atoms with Gasteiger partial charge in [-0.1, -0.05) is 0 Å². The summed E-state index contributed by atoms with van der Waals surface area (Å²) in [7, 11) is 0. The van der Waals surface area contributed by atoms with Gasteiger partial charge in [-0.15, -0.1) is 0 Å². The van der Waals surface area contributed by atoms with E-state index in [1.54, 1.807) is 11.0 Å². The van der Waals surface area contributed by atoms with Crippen LogP contribution in [0.25, 0.3) is 0 Å². The molecule has 16 heavy (non-hydrogen) atoms. The average molecular weight is 221 g/mol. The second-order valence-electron chi connectivity index (χ2n) is 3.67. The van der Waals surface area contributed by atoms with Crippen LogP contribution >= 0.6 is 0 Å². The maximum atomic E-state index is 11.8. The van der Waals surface area contributed by atoms with Crippen molar-refractivity contribution in [2.75, 3.05) is 24.1 Å². The van der Waals surface area contributed by atoms with Crippen molar-refractivity contribution in [3.63, 3.8) is 0 Å². The van der Waals surface area contributed by atoms with Crippen molar-refractivity contribution in [1.82, 2.24) is 4.90 Å². The molecule has 0 aliphatic carbocycles. The first kappa shape index (κ1) is 12.4. The number of nitrogens with two attached hydrogens (primary N) is 1. The van der Waals surface area contributed by atoms with Crippen molar-refractivity contribution in [3.8, 4) is 0 Å². The molecule has 0 radical (unpaired) electrons. The molecule has 0 saturated carbocycles. The number of urea groups is 1. The van der Waals surface area contributed by atoms with Gasteiger partial charge in [-0.3, -0.25) is 0 Å². The van der Waals surface area contributed by atoms with Gasteiger partial charge < -0.3 is 16.0 Å². The van der Waals surface area contributed by atoms with Crippen LogP contribution in [0.5, 0.6) is 0 Å². The SMILES string of the molecule is CCN(CC)C(=O)Nc1ccc(N)c(C)c1. The van der Waals surface area contributed by atoms with Gasteiger partial charge in [0.2, 0.25) is 0 Å². The van der Waals surface area contributed by atoms with E-state index in [4.69, 9.17) is 5.73 Å². The Hall–Kier alpha value is -1.71. The third-order valence-electron chi connectivity index (χ3n) is 2.57. The highest BCUT2D eigenvalue weighted by Crippen LogP contribution is 2.16. The number of hydrogen-bond donors (Lipinski definition) is 2. The lowest BCUT2D eigenvalue weighted by Crippen LogP contribution is -2.34. The van der Waals surface area contributed by atoms with Gasteiger partial charge in [0.15, 0.2) is 0 Å². The van der Waals surface area contributed by atoms with E-state index < -0.39 is 0 Å². The van der Waals surface area contributed by atoms with Crippen molar-refractivity contribution in [3.05, 3.63) is 23.8 Å². The number of rotatable bonds is 3. The molecule has 3 N–H and O–H groups in total. The maximum absolute atomic E-state index is 11.8. The molecule has 0 atom stereocenters. The standard InChI is InChI=1S/C12H19N3O/c1-4-15(5-2)12(16)14-10-6-7-11(13)9(3)8-10/h6-8H,4-5,13H2,1-3H3,(H,14,16). The topological polar surface area (TPSA) is 58.4 Å². The lowest BCUT2D eigenvalue weighted by molar-refractivity contribution is 0.217. The summed E-state index contributed by atoms with van der Waals surface area (Å²) in [6.45, 7) is 7.24. The predicted octanol–water partition coefficient (Wildman–Crippen LogP) is 2.45. The summed E-state index contributed by atoms with van der Waals surface area (Å²) in [5, 5.41) is 2.84. The van der Waals surface area contributed by atoms with E-state index in [0.717, 1.165) is 16.9 Å². The van der Waals surface area contributed by atoms with Crippen LogP contribution in [0.3, 0.4) is 0 Å². The van der Waals surface area contributed by atoms with Crippen molar-refractivity contribution in [2.45, 2.75) is 20.8 Å². The van der Waals surface area contributed by atoms with E-state index in [-0.39, 0.29) is 6.03 Å². The fourth-order valence-electron chi connectivity index (χ4n) is 1.47. The molecule has 0 bridgehead atoms. The zero-order chi connectivity index (χ0) is 12.1. The monoisotopic (exact) mass is 221 g/mol. The maximum Gasteiger partial charge on any atom is 0.321 e. The Morgan fingerprint density at radius 3 is 2.50 bits per heavy atom. The Labute approximate surface area is 96.4 Å². The van der Waals surface area contributed by atoms with Gasteiger partial charge in [0.25, 0.3) is 0 Å². The van der Waals surface area contributed by atoms with E-state index in [0.29, 0.717) is 13.1 Å². The molecule has 1 aromatic rings.